The highest BCUT2D eigenvalue weighted by molar-refractivity contribution is 5.86. The first-order chi connectivity index (χ1) is 4.80. The number of carbonyl (C=O) groups excluding carboxylic acids is 2. The van der Waals surface area contributed by atoms with Gasteiger partial charge in [0.15, 0.2) is 0 Å². The molecule has 0 fully saturated rings. The summed E-state index contributed by atoms with van der Waals surface area (Å²) in [5.41, 5.74) is 0. The summed E-state index contributed by atoms with van der Waals surface area (Å²) >= 11 is 0. The van der Waals surface area contributed by atoms with Crippen molar-refractivity contribution in [1.29, 1.82) is 0 Å². The van der Waals surface area contributed by atoms with Crippen molar-refractivity contribution in [3.8, 4) is 0 Å². The fraction of sp³-hybridized carbons (Fsp3) is 0.500. The number of alkyl halides is 3. The molecule has 0 spiro atoms. The van der Waals surface area contributed by atoms with Gasteiger partial charge >= 0.3 is 18.0 Å². The fourth-order valence-corrected chi connectivity index (χ4v) is 0.242. The Bertz CT molecular complexity index is 189. The zero-order valence-corrected chi connectivity index (χ0v) is 4.78. The molecular formula is C4HF5O2. The summed E-state index contributed by atoms with van der Waals surface area (Å²) < 4.78 is 57.2. The average molecular weight is 176 g/mol. The largest absolute Gasteiger partial charge is 0.376 e. The number of hydrogen-bond donors (Lipinski definition) is 0. The second kappa shape index (κ2) is 2.93. The minimum atomic E-state index is -5.22. The molecular weight excluding hydrogens is 175 g/mol. The Kier molecular flexibility index (Phi) is 2.66. The Morgan fingerprint density at radius 1 is 1.18 bits per heavy atom. The first-order valence-electron chi connectivity index (χ1n) is 2.21. The van der Waals surface area contributed by atoms with Crippen LogP contribution in [-0.2, 0) is 9.59 Å². The van der Waals surface area contributed by atoms with E-state index in [1.165, 1.54) is 0 Å². The smallest absolute Gasteiger partial charge is 0.257 e. The van der Waals surface area contributed by atoms with Crippen LogP contribution in [0.3, 0.4) is 0 Å². The van der Waals surface area contributed by atoms with Crippen LogP contribution in [0, 0.1) is 0 Å². The van der Waals surface area contributed by atoms with Crippen molar-refractivity contribution in [3.05, 3.63) is 0 Å². The highest BCUT2D eigenvalue weighted by atomic mass is 19.3. The van der Waals surface area contributed by atoms with Crippen LogP contribution >= 0.6 is 0 Å². The summed E-state index contributed by atoms with van der Waals surface area (Å²) in [5.74, 6) is -5.22. The lowest BCUT2D eigenvalue weighted by Gasteiger charge is -2.09. The van der Waals surface area contributed by atoms with E-state index in [4.69, 9.17) is 0 Å². The summed E-state index contributed by atoms with van der Waals surface area (Å²) in [4.78, 5) is 18.5. The lowest BCUT2D eigenvalue weighted by atomic mass is 10.2. The second-order valence-corrected chi connectivity index (χ2v) is 1.56. The molecule has 64 valence electrons. The summed E-state index contributed by atoms with van der Waals surface area (Å²) in [6.07, 6.45) is -4.06. The van der Waals surface area contributed by atoms with Crippen LogP contribution < -0.4 is 0 Å². The third-order valence-electron chi connectivity index (χ3n) is 0.780. The number of hydrogen-bond acceptors (Lipinski definition) is 2. The van der Waals surface area contributed by atoms with E-state index in [2.05, 4.69) is 0 Å². The molecule has 0 aliphatic heterocycles. The van der Waals surface area contributed by atoms with E-state index in [0.29, 0.717) is 0 Å². The highest BCUT2D eigenvalue weighted by Gasteiger charge is 2.53. The van der Waals surface area contributed by atoms with Gasteiger partial charge in [0.05, 0.1) is 0 Å². The van der Waals surface area contributed by atoms with Crippen molar-refractivity contribution in [1.82, 2.24) is 0 Å². The normalized spacial score (nSPS) is 14.3. The van der Waals surface area contributed by atoms with Crippen molar-refractivity contribution in [2.24, 2.45) is 0 Å². The van der Waals surface area contributed by atoms with Crippen LogP contribution in [0.2, 0.25) is 0 Å². The predicted molar refractivity (Wildman–Crippen MR) is 22.1 cm³/mol. The second-order valence-electron chi connectivity index (χ2n) is 1.56. The topological polar surface area (TPSA) is 34.1 Å². The quantitative estimate of drug-likeness (QED) is 0.473. The molecule has 0 heterocycles. The van der Waals surface area contributed by atoms with Gasteiger partial charge in [-0.3, -0.25) is 9.59 Å². The van der Waals surface area contributed by atoms with Crippen LogP contribution in [0.1, 0.15) is 0 Å². The molecule has 0 saturated heterocycles. The third-order valence-corrected chi connectivity index (χ3v) is 0.780. The molecule has 2 nitrogen and oxygen atoms in total. The SMILES string of the molecule is O=C(F)C(F)C(F)(F)C(=O)F. The molecule has 1 unspecified atom stereocenters. The zero-order valence-electron chi connectivity index (χ0n) is 4.78. The average Bonchev–Trinajstić information content (AvgIpc) is 1.85. The van der Waals surface area contributed by atoms with Gasteiger partial charge in [0.25, 0.3) is 6.17 Å². The van der Waals surface area contributed by atoms with Crippen molar-refractivity contribution >= 4 is 12.1 Å². The van der Waals surface area contributed by atoms with Gasteiger partial charge in [-0.15, -0.1) is 0 Å². The maximum absolute atomic E-state index is 11.6. The van der Waals surface area contributed by atoms with Crippen molar-refractivity contribution in [3.63, 3.8) is 0 Å². The Morgan fingerprint density at radius 2 is 1.55 bits per heavy atom. The molecule has 0 amide bonds. The van der Waals surface area contributed by atoms with E-state index in [1.807, 2.05) is 0 Å². The molecule has 0 radical (unpaired) electrons. The van der Waals surface area contributed by atoms with E-state index in [0.717, 1.165) is 0 Å². The first-order valence-corrected chi connectivity index (χ1v) is 2.21. The summed E-state index contributed by atoms with van der Waals surface area (Å²) in [5, 5.41) is 0. The van der Waals surface area contributed by atoms with Gasteiger partial charge in [-0.2, -0.15) is 17.6 Å². The molecule has 1 atom stereocenters. The van der Waals surface area contributed by atoms with Crippen molar-refractivity contribution in [2.45, 2.75) is 12.1 Å². The van der Waals surface area contributed by atoms with Crippen LogP contribution in [0.25, 0.3) is 0 Å². The Labute approximate surface area is 57.0 Å². The van der Waals surface area contributed by atoms with Crippen LogP contribution in [0.5, 0.6) is 0 Å². The molecule has 0 N–H and O–H groups in total. The minimum Gasteiger partial charge on any atom is -0.257 e. The molecule has 0 aliphatic rings. The highest BCUT2D eigenvalue weighted by Crippen LogP contribution is 2.24. The maximum Gasteiger partial charge on any atom is 0.376 e. The van der Waals surface area contributed by atoms with E-state index in [9.17, 15) is 31.5 Å². The molecule has 0 aromatic rings. The van der Waals surface area contributed by atoms with Crippen molar-refractivity contribution in [2.75, 3.05) is 0 Å². The molecule has 0 rings (SSSR count). The Morgan fingerprint density at radius 3 is 1.64 bits per heavy atom. The zero-order chi connectivity index (χ0) is 9.23. The van der Waals surface area contributed by atoms with Gasteiger partial charge in [0.2, 0.25) is 0 Å². The van der Waals surface area contributed by atoms with E-state index < -0.39 is 24.2 Å². The Balaban J connectivity index is 4.55. The fourth-order valence-electron chi connectivity index (χ4n) is 0.242. The minimum absolute atomic E-state index is 3.08. The molecule has 0 aromatic heterocycles. The van der Waals surface area contributed by atoms with Crippen LogP contribution in [-0.4, -0.2) is 24.2 Å². The monoisotopic (exact) mass is 176 g/mol. The predicted octanol–water partition coefficient (Wildman–Crippen LogP) is 0.952. The number of rotatable bonds is 3. The molecule has 7 heteroatoms. The molecule has 0 aromatic carbocycles. The van der Waals surface area contributed by atoms with Gasteiger partial charge in [-0.1, -0.05) is 0 Å². The molecule has 0 saturated carbocycles. The summed E-state index contributed by atoms with van der Waals surface area (Å²) in [6.45, 7) is 0. The third kappa shape index (κ3) is 1.95. The van der Waals surface area contributed by atoms with E-state index in [-0.39, 0.29) is 0 Å². The molecule has 0 bridgehead atoms. The van der Waals surface area contributed by atoms with Gasteiger partial charge in [0, 0.05) is 0 Å². The first kappa shape index (κ1) is 9.99. The van der Waals surface area contributed by atoms with Crippen LogP contribution in [0.15, 0.2) is 0 Å². The van der Waals surface area contributed by atoms with Gasteiger partial charge in [-0.25, -0.2) is 4.39 Å². The van der Waals surface area contributed by atoms with Crippen LogP contribution in [0.4, 0.5) is 22.0 Å². The van der Waals surface area contributed by atoms with Gasteiger partial charge in [-0.05, 0) is 0 Å². The number of halogens is 5. The maximum atomic E-state index is 11.6. The summed E-state index contributed by atoms with van der Waals surface area (Å²) in [6, 6.07) is -6.46. The number of carbonyl (C=O) groups is 2. The lowest BCUT2D eigenvalue weighted by molar-refractivity contribution is -0.173. The van der Waals surface area contributed by atoms with Crippen molar-refractivity contribution < 1.29 is 31.5 Å². The van der Waals surface area contributed by atoms with E-state index >= 15 is 0 Å². The molecule has 11 heavy (non-hydrogen) atoms. The van der Waals surface area contributed by atoms with Gasteiger partial charge < -0.3 is 0 Å². The van der Waals surface area contributed by atoms with E-state index in [1.54, 1.807) is 0 Å². The lowest BCUT2D eigenvalue weighted by Crippen LogP contribution is -2.40. The van der Waals surface area contributed by atoms with Gasteiger partial charge in [0.1, 0.15) is 0 Å². The Hall–Kier alpha value is -1.01. The molecule has 0 aliphatic carbocycles. The summed E-state index contributed by atoms with van der Waals surface area (Å²) in [7, 11) is 0. The standard InChI is InChI=1S/C4HF5O2/c5-1(2(6)10)4(8,9)3(7)11/h1H.